The van der Waals surface area contributed by atoms with E-state index in [9.17, 15) is 14.4 Å². The van der Waals surface area contributed by atoms with Crippen molar-refractivity contribution < 1.29 is 28.6 Å². The van der Waals surface area contributed by atoms with Crippen molar-refractivity contribution in [1.29, 1.82) is 0 Å². The normalized spacial score (nSPS) is 12.4. The molecule has 0 heterocycles. The second-order valence-electron chi connectivity index (χ2n) is 24.8. The van der Waals surface area contributed by atoms with Crippen LogP contribution >= 0.6 is 0 Å². The van der Waals surface area contributed by atoms with E-state index in [1.54, 1.807) is 0 Å². The third-order valence-corrected chi connectivity index (χ3v) is 16.5. The standard InChI is InChI=1S/C77H140O6/c1-4-7-10-13-16-19-22-25-28-30-32-33-34-35-36-37-38-39-40-41-42-43-44-45-46-48-49-52-55-58-61-64-67-70-76(79)82-73-74(72-81-75(78)69-66-63-60-57-54-51-27-24-21-18-15-12-9-6-3)83-77(80)71-68-65-62-59-56-53-50-47-31-29-26-23-20-17-14-11-8-5-2/h7,10,16,19,25,28,32-33,35-36,74H,4-6,8-9,11-15,17-18,20-24,26-27,29-31,34,37-73H2,1-3H3/b10-7-,19-16-,28-25-,33-32-,36-35-. The Balaban J connectivity index is 4.16. The summed E-state index contributed by atoms with van der Waals surface area (Å²) < 4.78 is 17.0. The summed E-state index contributed by atoms with van der Waals surface area (Å²) in [6, 6.07) is 0. The number of carbonyl (C=O) groups is 3. The molecule has 0 N–H and O–H groups in total. The van der Waals surface area contributed by atoms with Gasteiger partial charge < -0.3 is 14.2 Å². The molecule has 0 aromatic heterocycles. The van der Waals surface area contributed by atoms with Gasteiger partial charge >= 0.3 is 17.9 Å². The maximum absolute atomic E-state index is 13.0. The lowest BCUT2D eigenvalue weighted by atomic mass is 10.0. The number of hydrogen-bond donors (Lipinski definition) is 0. The number of rotatable bonds is 68. The van der Waals surface area contributed by atoms with Gasteiger partial charge in [-0.15, -0.1) is 0 Å². The molecule has 0 fully saturated rings. The largest absolute Gasteiger partial charge is 0.462 e. The molecule has 0 rings (SSSR count). The van der Waals surface area contributed by atoms with E-state index < -0.39 is 6.10 Å². The highest BCUT2D eigenvalue weighted by atomic mass is 16.6. The van der Waals surface area contributed by atoms with Gasteiger partial charge in [-0.1, -0.05) is 370 Å². The number of hydrogen-bond acceptors (Lipinski definition) is 6. The summed E-state index contributed by atoms with van der Waals surface area (Å²) in [5, 5.41) is 0. The summed E-state index contributed by atoms with van der Waals surface area (Å²) in [5.74, 6) is -0.834. The molecule has 0 aliphatic heterocycles. The zero-order valence-electron chi connectivity index (χ0n) is 55.7. The van der Waals surface area contributed by atoms with E-state index in [1.807, 2.05) is 0 Å². The van der Waals surface area contributed by atoms with Crippen LogP contribution in [0.15, 0.2) is 60.8 Å². The SMILES string of the molecule is CC/C=C\C/C=C\C/C=C\C/C=C\C/C=C\CCCCCCCCCCCCCCCCCCCC(=O)OCC(COC(=O)CCCCCCCCCCCCCCCC)OC(=O)CCCCCCCCCCCCCCCCCCCC. The maximum Gasteiger partial charge on any atom is 0.306 e. The Bertz CT molecular complexity index is 1470. The first kappa shape index (κ1) is 80.1. The molecular formula is C77H140O6. The van der Waals surface area contributed by atoms with Gasteiger partial charge in [-0.2, -0.15) is 0 Å². The molecule has 0 saturated heterocycles. The molecule has 0 aromatic carbocycles. The smallest absolute Gasteiger partial charge is 0.306 e. The summed E-state index contributed by atoms with van der Waals surface area (Å²) >= 11 is 0. The molecule has 0 amide bonds. The zero-order valence-corrected chi connectivity index (χ0v) is 55.7. The first-order valence-electron chi connectivity index (χ1n) is 36.8. The lowest BCUT2D eigenvalue weighted by molar-refractivity contribution is -0.167. The Hall–Kier alpha value is -2.89. The minimum Gasteiger partial charge on any atom is -0.462 e. The van der Waals surface area contributed by atoms with Crippen molar-refractivity contribution >= 4 is 17.9 Å². The highest BCUT2D eigenvalue weighted by molar-refractivity contribution is 5.71. The fraction of sp³-hybridized carbons (Fsp3) is 0.831. The summed E-state index contributed by atoms with van der Waals surface area (Å²) in [7, 11) is 0. The Kier molecular flexibility index (Phi) is 69.1. The monoisotopic (exact) mass is 1160 g/mol. The molecule has 0 bridgehead atoms. The van der Waals surface area contributed by atoms with Crippen LogP contribution in [0.1, 0.15) is 393 Å². The van der Waals surface area contributed by atoms with Crippen LogP contribution in [0.3, 0.4) is 0 Å². The second-order valence-corrected chi connectivity index (χ2v) is 24.8. The van der Waals surface area contributed by atoms with Gasteiger partial charge in [-0.05, 0) is 64.2 Å². The number of ether oxygens (including phenoxy) is 3. The first-order chi connectivity index (χ1) is 41.0. The molecule has 0 aromatic rings. The van der Waals surface area contributed by atoms with E-state index in [-0.39, 0.29) is 31.1 Å². The van der Waals surface area contributed by atoms with Crippen molar-refractivity contribution in [3.05, 3.63) is 60.8 Å². The summed E-state index contributed by atoms with van der Waals surface area (Å²) in [4.78, 5) is 38.5. The Morgan fingerprint density at radius 3 is 0.735 bits per heavy atom. The number of carbonyl (C=O) groups excluding carboxylic acids is 3. The molecule has 0 saturated carbocycles. The molecule has 484 valence electrons. The van der Waals surface area contributed by atoms with Crippen LogP contribution in [0.5, 0.6) is 0 Å². The third-order valence-electron chi connectivity index (χ3n) is 16.5. The van der Waals surface area contributed by atoms with Gasteiger partial charge in [0.2, 0.25) is 0 Å². The lowest BCUT2D eigenvalue weighted by Gasteiger charge is -2.18. The van der Waals surface area contributed by atoms with Gasteiger partial charge in [0, 0.05) is 19.3 Å². The molecule has 83 heavy (non-hydrogen) atoms. The van der Waals surface area contributed by atoms with Crippen LogP contribution in [0.25, 0.3) is 0 Å². The summed E-state index contributed by atoms with van der Waals surface area (Å²) in [5.41, 5.74) is 0. The zero-order chi connectivity index (χ0) is 59.9. The highest BCUT2D eigenvalue weighted by Gasteiger charge is 2.19. The maximum atomic E-state index is 13.0. The van der Waals surface area contributed by atoms with Crippen LogP contribution in [0.4, 0.5) is 0 Å². The molecule has 0 spiro atoms. The molecule has 1 atom stereocenters. The molecule has 6 heteroatoms. The van der Waals surface area contributed by atoms with E-state index in [4.69, 9.17) is 14.2 Å². The number of unbranched alkanes of at least 4 members (excludes halogenated alkanes) is 47. The van der Waals surface area contributed by atoms with Crippen molar-refractivity contribution in [2.45, 2.75) is 399 Å². The quantitative estimate of drug-likeness (QED) is 0.0261. The number of esters is 3. The predicted octanol–water partition coefficient (Wildman–Crippen LogP) is 25.5. The second kappa shape index (κ2) is 71.6. The van der Waals surface area contributed by atoms with Crippen LogP contribution in [0, 0.1) is 0 Å². The summed E-state index contributed by atoms with van der Waals surface area (Å²) in [6.07, 6.45) is 92.6. The minimum atomic E-state index is -0.769. The molecular weight excluding hydrogens is 1020 g/mol. The number of allylic oxidation sites excluding steroid dienone is 10. The Morgan fingerprint density at radius 2 is 0.470 bits per heavy atom. The molecule has 0 radical (unpaired) electrons. The first-order valence-corrected chi connectivity index (χ1v) is 36.8. The van der Waals surface area contributed by atoms with Crippen LogP contribution in [0.2, 0.25) is 0 Å². The average Bonchev–Trinajstić information content (AvgIpc) is 3.49. The minimum absolute atomic E-state index is 0.0656. The molecule has 0 aliphatic rings. The van der Waals surface area contributed by atoms with Gasteiger partial charge in [0.25, 0.3) is 0 Å². The van der Waals surface area contributed by atoms with Crippen LogP contribution < -0.4 is 0 Å². The van der Waals surface area contributed by atoms with Gasteiger partial charge in [-0.25, -0.2) is 0 Å². The van der Waals surface area contributed by atoms with Crippen molar-refractivity contribution in [2.75, 3.05) is 13.2 Å². The summed E-state index contributed by atoms with van der Waals surface area (Å²) in [6.45, 7) is 6.60. The molecule has 0 aliphatic carbocycles. The topological polar surface area (TPSA) is 78.9 Å². The van der Waals surface area contributed by atoms with Gasteiger partial charge in [0.15, 0.2) is 6.10 Å². The van der Waals surface area contributed by atoms with Crippen molar-refractivity contribution in [3.8, 4) is 0 Å². The van der Waals surface area contributed by atoms with E-state index in [0.717, 1.165) is 89.9 Å². The van der Waals surface area contributed by atoms with Gasteiger partial charge in [0.1, 0.15) is 13.2 Å². The lowest BCUT2D eigenvalue weighted by Crippen LogP contribution is -2.30. The van der Waals surface area contributed by atoms with Crippen molar-refractivity contribution in [3.63, 3.8) is 0 Å². The Morgan fingerprint density at radius 1 is 0.253 bits per heavy atom. The fourth-order valence-electron chi connectivity index (χ4n) is 11.1. The van der Waals surface area contributed by atoms with E-state index in [2.05, 4.69) is 81.5 Å². The van der Waals surface area contributed by atoms with Gasteiger partial charge in [-0.3, -0.25) is 14.4 Å². The van der Waals surface area contributed by atoms with Crippen LogP contribution in [-0.4, -0.2) is 37.2 Å². The molecule has 1 unspecified atom stereocenters. The van der Waals surface area contributed by atoms with Gasteiger partial charge in [0.05, 0.1) is 0 Å². The van der Waals surface area contributed by atoms with Crippen molar-refractivity contribution in [1.82, 2.24) is 0 Å². The predicted molar refractivity (Wildman–Crippen MR) is 362 cm³/mol. The Labute approximate surface area is 517 Å². The fourth-order valence-corrected chi connectivity index (χ4v) is 11.1. The highest BCUT2D eigenvalue weighted by Crippen LogP contribution is 2.19. The van der Waals surface area contributed by atoms with E-state index >= 15 is 0 Å². The van der Waals surface area contributed by atoms with Crippen molar-refractivity contribution in [2.24, 2.45) is 0 Å². The van der Waals surface area contributed by atoms with E-state index in [1.165, 1.54) is 263 Å². The third kappa shape index (κ3) is 69.8. The van der Waals surface area contributed by atoms with E-state index in [0.29, 0.717) is 19.3 Å². The molecule has 6 nitrogen and oxygen atoms in total. The average molecular weight is 1160 g/mol. The van der Waals surface area contributed by atoms with Crippen LogP contribution in [-0.2, 0) is 28.6 Å².